The van der Waals surface area contributed by atoms with Crippen molar-refractivity contribution in [2.24, 2.45) is 0 Å². The molecule has 0 unspecified atom stereocenters. The zero-order chi connectivity index (χ0) is 15.1. The van der Waals surface area contributed by atoms with E-state index in [1.165, 1.54) is 12.1 Å². The normalized spacial score (nSPS) is 10.0. The van der Waals surface area contributed by atoms with E-state index in [2.05, 4.69) is 26.6 Å². The third kappa shape index (κ3) is 4.75. The van der Waals surface area contributed by atoms with Crippen molar-refractivity contribution in [2.45, 2.75) is 0 Å². The minimum Gasteiger partial charge on any atom is -0.491 e. The average Bonchev–Trinajstić information content (AvgIpc) is 2.48. The van der Waals surface area contributed by atoms with E-state index in [4.69, 9.17) is 4.74 Å². The molecule has 0 atom stereocenters. The molecule has 0 aliphatic rings. The molecule has 2 aromatic rings. The van der Waals surface area contributed by atoms with Crippen molar-refractivity contribution < 1.29 is 13.9 Å². The molecular weight excluding hydrogens is 339 g/mol. The van der Waals surface area contributed by atoms with Crippen molar-refractivity contribution >= 4 is 27.6 Å². The summed E-state index contributed by atoms with van der Waals surface area (Å²) in [6.45, 7) is 0.620. The van der Waals surface area contributed by atoms with Crippen LogP contribution in [-0.4, -0.2) is 19.2 Å². The standard InChI is InChI=1S/C15H14BrFN2O2/c16-11-5-1-4-8-14(11)21-10-9-18-15(20)19-13-7-3-2-6-12(13)17/h1-8H,9-10H2,(H2,18,19,20). The number of benzene rings is 2. The highest BCUT2D eigenvalue weighted by Gasteiger charge is 2.05. The van der Waals surface area contributed by atoms with Crippen molar-refractivity contribution in [3.63, 3.8) is 0 Å². The fourth-order valence-electron chi connectivity index (χ4n) is 1.62. The molecule has 0 bridgehead atoms. The fraction of sp³-hybridized carbons (Fsp3) is 0.133. The highest BCUT2D eigenvalue weighted by molar-refractivity contribution is 9.10. The number of hydrogen-bond acceptors (Lipinski definition) is 2. The Bertz CT molecular complexity index is 622. The van der Waals surface area contributed by atoms with Crippen LogP contribution in [0.1, 0.15) is 0 Å². The summed E-state index contributed by atoms with van der Waals surface area (Å²) in [6.07, 6.45) is 0. The smallest absolute Gasteiger partial charge is 0.319 e. The van der Waals surface area contributed by atoms with Crippen molar-refractivity contribution in [1.29, 1.82) is 0 Å². The number of nitrogens with one attached hydrogen (secondary N) is 2. The lowest BCUT2D eigenvalue weighted by molar-refractivity contribution is 0.247. The van der Waals surface area contributed by atoms with Crippen LogP contribution in [0.2, 0.25) is 0 Å². The quantitative estimate of drug-likeness (QED) is 0.804. The zero-order valence-corrected chi connectivity index (χ0v) is 12.7. The van der Waals surface area contributed by atoms with Crippen LogP contribution in [0.15, 0.2) is 53.0 Å². The SMILES string of the molecule is O=C(NCCOc1ccccc1Br)Nc1ccccc1F. The lowest BCUT2D eigenvalue weighted by Crippen LogP contribution is -2.32. The Labute approximate surface area is 130 Å². The molecule has 0 radical (unpaired) electrons. The first-order valence-corrected chi connectivity index (χ1v) is 7.13. The van der Waals surface area contributed by atoms with Crippen LogP contribution in [-0.2, 0) is 0 Å². The number of halogens is 2. The van der Waals surface area contributed by atoms with E-state index in [9.17, 15) is 9.18 Å². The third-order valence-corrected chi connectivity index (χ3v) is 3.26. The van der Waals surface area contributed by atoms with E-state index in [1.807, 2.05) is 24.3 Å². The monoisotopic (exact) mass is 352 g/mol. The molecule has 0 saturated carbocycles. The van der Waals surface area contributed by atoms with Crippen LogP contribution in [0.5, 0.6) is 5.75 Å². The van der Waals surface area contributed by atoms with Gasteiger partial charge in [-0.1, -0.05) is 24.3 Å². The lowest BCUT2D eigenvalue weighted by Gasteiger charge is -2.10. The summed E-state index contributed by atoms with van der Waals surface area (Å²) in [4.78, 5) is 11.6. The minimum absolute atomic E-state index is 0.140. The maximum atomic E-state index is 13.3. The molecule has 2 amide bonds. The van der Waals surface area contributed by atoms with Gasteiger partial charge in [-0.05, 0) is 40.2 Å². The number of hydrogen-bond donors (Lipinski definition) is 2. The van der Waals surface area contributed by atoms with Crippen LogP contribution in [0, 0.1) is 5.82 Å². The van der Waals surface area contributed by atoms with Gasteiger partial charge in [-0.15, -0.1) is 0 Å². The number of anilines is 1. The summed E-state index contributed by atoms with van der Waals surface area (Å²) >= 11 is 3.36. The second kappa shape index (κ2) is 7.64. The molecule has 0 aliphatic carbocycles. The van der Waals surface area contributed by atoms with Gasteiger partial charge < -0.3 is 15.4 Å². The Balaban J connectivity index is 1.73. The summed E-state index contributed by atoms with van der Waals surface area (Å²) in [5.74, 6) is 0.228. The van der Waals surface area contributed by atoms with Crippen molar-refractivity contribution in [3.05, 3.63) is 58.8 Å². The van der Waals surface area contributed by atoms with Crippen LogP contribution < -0.4 is 15.4 Å². The Morgan fingerprint density at radius 3 is 2.62 bits per heavy atom. The first-order valence-electron chi connectivity index (χ1n) is 6.33. The summed E-state index contributed by atoms with van der Waals surface area (Å²) < 4.78 is 19.7. The minimum atomic E-state index is -0.476. The molecule has 0 heterocycles. The highest BCUT2D eigenvalue weighted by atomic mass is 79.9. The van der Waals surface area contributed by atoms with Crippen molar-refractivity contribution in [2.75, 3.05) is 18.5 Å². The summed E-state index contributed by atoms with van der Waals surface area (Å²) in [7, 11) is 0. The summed E-state index contributed by atoms with van der Waals surface area (Å²) in [5.41, 5.74) is 0.140. The van der Waals surface area contributed by atoms with Crippen LogP contribution >= 0.6 is 15.9 Å². The van der Waals surface area contributed by atoms with E-state index in [1.54, 1.807) is 12.1 Å². The molecule has 2 N–H and O–H groups in total. The number of urea groups is 1. The van der Waals surface area contributed by atoms with Crippen molar-refractivity contribution in [1.82, 2.24) is 5.32 Å². The molecule has 0 spiro atoms. The summed E-state index contributed by atoms with van der Waals surface area (Å²) in [6, 6.07) is 12.9. The van der Waals surface area contributed by atoms with Gasteiger partial charge in [0.15, 0.2) is 0 Å². The van der Waals surface area contributed by atoms with Gasteiger partial charge in [-0.3, -0.25) is 0 Å². The first-order chi connectivity index (χ1) is 10.2. The largest absolute Gasteiger partial charge is 0.491 e. The molecule has 2 aromatic carbocycles. The van der Waals surface area contributed by atoms with Crippen LogP contribution in [0.25, 0.3) is 0 Å². The zero-order valence-electron chi connectivity index (χ0n) is 11.1. The van der Waals surface area contributed by atoms with E-state index in [0.717, 1.165) is 4.47 Å². The molecule has 0 fully saturated rings. The predicted octanol–water partition coefficient (Wildman–Crippen LogP) is 3.79. The molecule has 0 aliphatic heterocycles. The molecule has 6 heteroatoms. The Morgan fingerprint density at radius 1 is 1.14 bits per heavy atom. The number of para-hydroxylation sites is 2. The third-order valence-electron chi connectivity index (χ3n) is 2.60. The van der Waals surface area contributed by atoms with Crippen LogP contribution in [0.4, 0.5) is 14.9 Å². The highest BCUT2D eigenvalue weighted by Crippen LogP contribution is 2.23. The predicted molar refractivity (Wildman–Crippen MR) is 83.1 cm³/mol. The molecular formula is C15H14BrFN2O2. The van der Waals surface area contributed by atoms with Gasteiger partial charge in [0, 0.05) is 0 Å². The van der Waals surface area contributed by atoms with E-state index >= 15 is 0 Å². The maximum Gasteiger partial charge on any atom is 0.319 e. The molecule has 0 aromatic heterocycles. The topological polar surface area (TPSA) is 50.4 Å². The maximum absolute atomic E-state index is 13.3. The molecule has 110 valence electrons. The molecule has 2 rings (SSSR count). The van der Waals surface area contributed by atoms with Crippen molar-refractivity contribution in [3.8, 4) is 5.75 Å². The van der Waals surface area contributed by atoms with Gasteiger partial charge in [-0.25, -0.2) is 9.18 Å². The number of carbonyl (C=O) groups excluding carboxylic acids is 1. The van der Waals surface area contributed by atoms with E-state index in [-0.39, 0.29) is 5.69 Å². The Morgan fingerprint density at radius 2 is 1.86 bits per heavy atom. The van der Waals surface area contributed by atoms with Gasteiger partial charge in [0.25, 0.3) is 0 Å². The average molecular weight is 353 g/mol. The lowest BCUT2D eigenvalue weighted by atomic mass is 10.3. The number of amides is 2. The first kappa shape index (κ1) is 15.3. The summed E-state index contributed by atoms with van der Waals surface area (Å²) in [5, 5.41) is 5.02. The second-order valence-corrected chi connectivity index (χ2v) is 4.99. The molecule has 21 heavy (non-hydrogen) atoms. The van der Waals surface area contributed by atoms with Gasteiger partial charge in [0.1, 0.15) is 18.2 Å². The van der Waals surface area contributed by atoms with Crippen LogP contribution in [0.3, 0.4) is 0 Å². The second-order valence-electron chi connectivity index (χ2n) is 4.14. The Kier molecular flexibility index (Phi) is 5.57. The van der Waals surface area contributed by atoms with Gasteiger partial charge in [0.05, 0.1) is 16.7 Å². The molecule has 0 saturated heterocycles. The number of carbonyl (C=O) groups is 1. The van der Waals surface area contributed by atoms with E-state index < -0.39 is 11.8 Å². The number of rotatable bonds is 5. The number of ether oxygens (including phenoxy) is 1. The van der Waals surface area contributed by atoms with Gasteiger partial charge >= 0.3 is 6.03 Å². The van der Waals surface area contributed by atoms with Gasteiger partial charge in [0.2, 0.25) is 0 Å². The van der Waals surface area contributed by atoms with E-state index in [0.29, 0.717) is 18.9 Å². The Hall–Kier alpha value is -2.08. The molecule has 4 nitrogen and oxygen atoms in total. The van der Waals surface area contributed by atoms with Gasteiger partial charge in [-0.2, -0.15) is 0 Å². The fourth-order valence-corrected chi connectivity index (χ4v) is 2.02.